The van der Waals surface area contributed by atoms with Gasteiger partial charge in [0.2, 0.25) is 0 Å². The van der Waals surface area contributed by atoms with Crippen molar-refractivity contribution in [2.75, 3.05) is 11.9 Å². The molecule has 10 heteroatoms. The summed E-state index contributed by atoms with van der Waals surface area (Å²) in [6.07, 6.45) is -1.16. The molecule has 1 unspecified atom stereocenters. The van der Waals surface area contributed by atoms with E-state index in [2.05, 4.69) is 15.3 Å². The van der Waals surface area contributed by atoms with E-state index in [9.17, 15) is 19.6 Å². The predicted octanol–water partition coefficient (Wildman–Crippen LogP) is 4.83. The zero-order valence-corrected chi connectivity index (χ0v) is 20.6. The zero-order valence-electron chi connectivity index (χ0n) is 19.7. The molecule has 9 nitrogen and oxygen atoms in total. The van der Waals surface area contributed by atoms with Crippen molar-refractivity contribution in [1.29, 1.82) is 5.26 Å². The third-order valence-electron chi connectivity index (χ3n) is 5.37. The van der Waals surface area contributed by atoms with Crippen LogP contribution in [0.1, 0.15) is 45.0 Å². The fourth-order valence-corrected chi connectivity index (χ4v) is 4.55. The summed E-state index contributed by atoms with van der Waals surface area (Å²) in [5.74, 6) is -1.22. The van der Waals surface area contributed by atoms with Crippen LogP contribution in [0.15, 0.2) is 48.5 Å². The van der Waals surface area contributed by atoms with E-state index in [1.165, 1.54) is 6.92 Å². The fraction of sp³-hybridized carbons (Fsp3) is 0.192. The molecule has 0 aliphatic heterocycles. The van der Waals surface area contributed by atoms with Gasteiger partial charge in [-0.25, -0.2) is 14.6 Å². The highest BCUT2D eigenvalue weighted by molar-refractivity contribution is 7.18. The van der Waals surface area contributed by atoms with Gasteiger partial charge in [-0.15, -0.1) is 11.3 Å². The Bertz CT molecular complexity index is 1500. The molecule has 0 radical (unpaired) electrons. The van der Waals surface area contributed by atoms with Crippen molar-refractivity contribution in [2.45, 2.75) is 26.9 Å². The summed E-state index contributed by atoms with van der Waals surface area (Å²) in [6, 6.07) is 16.5. The maximum atomic E-state index is 12.7. The number of carbonyl (C=O) groups excluding carboxylic acids is 3. The highest BCUT2D eigenvalue weighted by Gasteiger charge is 2.25. The molecule has 4 aromatic rings. The van der Waals surface area contributed by atoms with Gasteiger partial charge in [-0.05, 0) is 44.5 Å². The van der Waals surface area contributed by atoms with E-state index in [4.69, 9.17) is 9.47 Å². The minimum atomic E-state index is -1.16. The van der Waals surface area contributed by atoms with Crippen molar-refractivity contribution >= 4 is 45.2 Å². The van der Waals surface area contributed by atoms with Gasteiger partial charge in [0.25, 0.3) is 5.91 Å². The largest absolute Gasteiger partial charge is 0.462 e. The maximum Gasteiger partial charge on any atom is 0.348 e. The number of esters is 2. The maximum absolute atomic E-state index is 12.7. The van der Waals surface area contributed by atoms with Crippen molar-refractivity contribution < 1.29 is 23.9 Å². The molecule has 2 aromatic carbocycles. The van der Waals surface area contributed by atoms with E-state index in [0.717, 1.165) is 16.9 Å². The number of aromatic amines is 1. The molecular weight excluding hydrogens is 480 g/mol. The number of hydrogen-bond donors (Lipinski definition) is 2. The molecule has 2 heterocycles. The lowest BCUT2D eigenvalue weighted by Gasteiger charge is -2.13. The van der Waals surface area contributed by atoms with E-state index in [1.54, 1.807) is 32.0 Å². The van der Waals surface area contributed by atoms with Crippen LogP contribution in [-0.2, 0) is 14.3 Å². The monoisotopic (exact) mass is 502 g/mol. The summed E-state index contributed by atoms with van der Waals surface area (Å²) < 4.78 is 10.4. The molecule has 0 aliphatic carbocycles. The first-order valence-corrected chi connectivity index (χ1v) is 11.9. The Kier molecular flexibility index (Phi) is 7.12. The number of nitrogens with one attached hydrogen (secondary N) is 2. The highest BCUT2D eigenvalue weighted by atomic mass is 32.1. The molecular formula is C26H22N4O5S. The molecule has 0 spiro atoms. The minimum absolute atomic E-state index is 0.161. The van der Waals surface area contributed by atoms with Crippen molar-refractivity contribution in [3.63, 3.8) is 0 Å². The fourth-order valence-electron chi connectivity index (χ4n) is 3.49. The van der Waals surface area contributed by atoms with E-state index in [0.29, 0.717) is 22.4 Å². The molecule has 0 saturated carbocycles. The number of ether oxygens (including phenoxy) is 2. The van der Waals surface area contributed by atoms with Crippen LogP contribution in [0.4, 0.5) is 5.00 Å². The van der Waals surface area contributed by atoms with Crippen LogP contribution in [0.3, 0.4) is 0 Å². The smallest absolute Gasteiger partial charge is 0.348 e. The summed E-state index contributed by atoms with van der Waals surface area (Å²) in [7, 11) is 0. The summed E-state index contributed by atoms with van der Waals surface area (Å²) in [4.78, 5) is 45.5. The number of fused-ring (bicyclic) bond motifs is 1. The number of imidazole rings is 1. The number of rotatable bonds is 7. The number of carbonyl (C=O) groups is 3. The second-order valence-electron chi connectivity index (χ2n) is 7.81. The molecule has 4 rings (SSSR count). The topological polar surface area (TPSA) is 134 Å². The molecule has 36 heavy (non-hydrogen) atoms. The molecule has 2 N–H and O–H groups in total. The summed E-state index contributed by atoms with van der Waals surface area (Å²) in [5.41, 5.74) is 3.08. The van der Waals surface area contributed by atoms with Crippen LogP contribution >= 0.6 is 11.3 Å². The number of anilines is 1. The van der Waals surface area contributed by atoms with Crippen LogP contribution in [-0.4, -0.2) is 40.5 Å². The first-order valence-electron chi connectivity index (χ1n) is 11.1. The van der Waals surface area contributed by atoms with E-state index in [-0.39, 0.29) is 27.6 Å². The number of H-pyrrole nitrogens is 1. The standard InChI is InChI=1S/C26H22N4O5S/c1-4-34-26(33)21-14(2)18(13-27)24(36-21)30-23(31)15(3)35-25(32)17-10-11-19-20(12-17)29-22(28-19)16-8-6-5-7-9-16/h5-12,15H,4H2,1-3H3,(H,28,29)(H,30,31). The Morgan fingerprint density at radius 1 is 1.17 bits per heavy atom. The van der Waals surface area contributed by atoms with Gasteiger partial charge >= 0.3 is 11.9 Å². The first kappa shape index (κ1) is 24.6. The quantitative estimate of drug-likeness (QED) is 0.346. The van der Waals surface area contributed by atoms with Gasteiger partial charge in [-0.3, -0.25) is 4.79 Å². The number of hydrogen-bond acceptors (Lipinski definition) is 8. The van der Waals surface area contributed by atoms with Gasteiger partial charge in [-0.1, -0.05) is 30.3 Å². The van der Waals surface area contributed by atoms with Gasteiger partial charge in [0.15, 0.2) is 6.10 Å². The first-order chi connectivity index (χ1) is 17.3. The van der Waals surface area contributed by atoms with Gasteiger partial charge < -0.3 is 19.8 Å². The Hall–Kier alpha value is -4.49. The van der Waals surface area contributed by atoms with Crippen LogP contribution in [0.25, 0.3) is 22.4 Å². The van der Waals surface area contributed by atoms with E-state index in [1.807, 2.05) is 36.4 Å². The van der Waals surface area contributed by atoms with Gasteiger partial charge in [0, 0.05) is 5.56 Å². The molecule has 182 valence electrons. The van der Waals surface area contributed by atoms with Gasteiger partial charge in [0.1, 0.15) is 21.8 Å². The average molecular weight is 503 g/mol. The normalized spacial score (nSPS) is 11.5. The number of thiophene rings is 1. The SMILES string of the molecule is CCOC(=O)c1sc(NC(=O)C(C)OC(=O)c2ccc3nc(-c4ccccc4)[nH]c3c2)c(C#N)c1C. The lowest BCUT2D eigenvalue weighted by atomic mass is 10.1. The molecule has 0 saturated heterocycles. The lowest BCUT2D eigenvalue weighted by Crippen LogP contribution is -2.30. The zero-order chi connectivity index (χ0) is 25.8. The Morgan fingerprint density at radius 3 is 2.61 bits per heavy atom. The van der Waals surface area contributed by atoms with Crippen molar-refractivity contribution in [3.05, 3.63) is 70.1 Å². The number of nitrogens with zero attached hydrogens (tertiary/aromatic N) is 2. The van der Waals surface area contributed by atoms with Crippen LogP contribution < -0.4 is 5.32 Å². The van der Waals surface area contributed by atoms with Crippen LogP contribution in [0.5, 0.6) is 0 Å². The summed E-state index contributed by atoms with van der Waals surface area (Å²) >= 11 is 0.941. The Balaban J connectivity index is 1.47. The second kappa shape index (κ2) is 10.4. The van der Waals surface area contributed by atoms with Gasteiger partial charge in [0.05, 0.1) is 28.8 Å². The molecule has 1 atom stereocenters. The Labute approximate surface area is 210 Å². The second-order valence-corrected chi connectivity index (χ2v) is 8.83. The molecule has 1 amide bonds. The number of aromatic nitrogens is 2. The lowest BCUT2D eigenvalue weighted by molar-refractivity contribution is -0.123. The van der Waals surface area contributed by atoms with E-state index < -0.39 is 23.9 Å². The van der Waals surface area contributed by atoms with Crippen molar-refractivity contribution in [3.8, 4) is 17.5 Å². The van der Waals surface area contributed by atoms with Crippen LogP contribution in [0.2, 0.25) is 0 Å². The third kappa shape index (κ3) is 4.96. The van der Waals surface area contributed by atoms with Crippen molar-refractivity contribution in [1.82, 2.24) is 9.97 Å². The number of amides is 1. The number of benzene rings is 2. The Morgan fingerprint density at radius 2 is 1.92 bits per heavy atom. The highest BCUT2D eigenvalue weighted by Crippen LogP contribution is 2.33. The third-order valence-corrected chi connectivity index (χ3v) is 6.56. The number of nitriles is 1. The average Bonchev–Trinajstić information content (AvgIpc) is 3.44. The molecule has 0 fully saturated rings. The molecule has 0 aliphatic rings. The van der Waals surface area contributed by atoms with Crippen LogP contribution in [0, 0.1) is 18.3 Å². The minimum Gasteiger partial charge on any atom is -0.462 e. The predicted molar refractivity (Wildman–Crippen MR) is 135 cm³/mol. The molecule has 2 aromatic heterocycles. The van der Waals surface area contributed by atoms with Gasteiger partial charge in [-0.2, -0.15) is 5.26 Å². The molecule has 0 bridgehead atoms. The summed E-state index contributed by atoms with van der Waals surface area (Å²) in [6.45, 7) is 4.89. The summed E-state index contributed by atoms with van der Waals surface area (Å²) in [5, 5.41) is 12.3. The van der Waals surface area contributed by atoms with Crippen molar-refractivity contribution in [2.24, 2.45) is 0 Å². The van der Waals surface area contributed by atoms with E-state index >= 15 is 0 Å².